The molecule has 2 aromatic carbocycles. The minimum absolute atomic E-state index is 0.305. The van der Waals surface area contributed by atoms with Gasteiger partial charge in [0.1, 0.15) is 0 Å². The van der Waals surface area contributed by atoms with E-state index in [0.717, 1.165) is 5.56 Å². The van der Waals surface area contributed by atoms with E-state index >= 15 is 0 Å². The first kappa shape index (κ1) is 18.2. The van der Waals surface area contributed by atoms with Crippen LogP contribution in [0, 0.1) is 0 Å². The second-order valence-corrected chi connectivity index (χ2v) is 7.05. The van der Waals surface area contributed by atoms with Crippen LogP contribution in [0.25, 0.3) is 16.3 Å². The summed E-state index contributed by atoms with van der Waals surface area (Å²) in [6.45, 7) is 0. The van der Waals surface area contributed by atoms with Gasteiger partial charge in [0.2, 0.25) is 10.1 Å². The van der Waals surface area contributed by atoms with Crippen LogP contribution >= 0.6 is 22.9 Å². The highest BCUT2D eigenvalue weighted by Gasteiger charge is 2.17. The Morgan fingerprint density at radius 1 is 1.11 bits per heavy atom. The summed E-state index contributed by atoms with van der Waals surface area (Å²) < 4.78 is 12.2. The standard InChI is InChI=1S/C18H14ClN5O3S/c1-26-13-7-6-10(9-14(13)27-2)15-21-22-18-24(15)23-17(28-18)20-16(25)11-4-3-5-12(19)8-11/h3-9H,1-2H3,(H,20,23,25). The molecule has 0 saturated heterocycles. The van der Waals surface area contributed by atoms with Crippen molar-refractivity contribution in [2.75, 3.05) is 19.5 Å². The third kappa shape index (κ3) is 3.37. The molecule has 1 N–H and O–H groups in total. The van der Waals surface area contributed by atoms with Crippen LogP contribution in [0.3, 0.4) is 0 Å². The van der Waals surface area contributed by atoms with Gasteiger partial charge in [-0.3, -0.25) is 10.1 Å². The number of halogens is 1. The van der Waals surface area contributed by atoms with Crippen molar-refractivity contribution in [1.29, 1.82) is 0 Å². The molecule has 0 radical (unpaired) electrons. The minimum Gasteiger partial charge on any atom is -0.493 e. The largest absolute Gasteiger partial charge is 0.493 e. The van der Waals surface area contributed by atoms with Crippen LogP contribution in [0.4, 0.5) is 5.13 Å². The Kier molecular flexibility index (Phi) is 4.84. The first-order chi connectivity index (χ1) is 13.6. The van der Waals surface area contributed by atoms with Crippen molar-refractivity contribution in [2.24, 2.45) is 0 Å². The molecule has 0 unspecified atom stereocenters. The maximum atomic E-state index is 12.4. The molecule has 28 heavy (non-hydrogen) atoms. The number of nitrogens with zero attached hydrogens (tertiary/aromatic N) is 4. The molecule has 10 heteroatoms. The Bertz CT molecular complexity index is 1170. The molecule has 2 aromatic heterocycles. The third-order valence-corrected chi connectivity index (χ3v) is 4.99. The SMILES string of the molecule is COc1ccc(-c2nnc3sc(NC(=O)c4cccc(Cl)c4)nn23)cc1OC. The highest BCUT2D eigenvalue weighted by Crippen LogP contribution is 2.32. The predicted molar refractivity (Wildman–Crippen MR) is 107 cm³/mol. The Labute approximate surface area is 168 Å². The highest BCUT2D eigenvalue weighted by molar-refractivity contribution is 7.20. The lowest BCUT2D eigenvalue weighted by atomic mass is 10.2. The van der Waals surface area contributed by atoms with Crippen molar-refractivity contribution in [3.8, 4) is 22.9 Å². The molecule has 0 aliphatic rings. The minimum atomic E-state index is -0.305. The number of benzene rings is 2. The molecule has 1 amide bonds. The fourth-order valence-corrected chi connectivity index (χ4v) is 3.55. The molecular weight excluding hydrogens is 402 g/mol. The van der Waals surface area contributed by atoms with Crippen molar-refractivity contribution in [2.45, 2.75) is 0 Å². The summed E-state index contributed by atoms with van der Waals surface area (Å²) in [5.41, 5.74) is 1.20. The third-order valence-electron chi connectivity index (χ3n) is 3.94. The number of nitrogens with one attached hydrogen (secondary N) is 1. The van der Waals surface area contributed by atoms with Gasteiger partial charge in [-0.1, -0.05) is 29.0 Å². The number of amides is 1. The van der Waals surface area contributed by atoms with E-state index in [1.807, 2.05) is 6.07 Å². The van der Waals surface area contributed by atoms with Gasteiger partial charge in [-0.2, -0.15) is 4.52 Å². The van der Waals surface area contributed by atoms with Crippen molar-refractivity contribution >= 4 is 38.9 Å². The van der Waals surface area contributed by atoms with Gasteiger partial charge in [0, 0.05) is 16.1 Å². The van der Waals surface area contributed by atoms with Crippen molar-refractivity contribution in [3.63, 3.8) is 0 Å². The van der Waals surface area contributed by atoms with E-state index < -0.39 is 0 Å². The molecule has 0 aliphatic carbocycles. The lowest BCUT2D eigenvalue weighted by Crippen LogP contribution is -2.11. The molecule has 0 fully saturated rings. The van der Waals surface area contributed by atoms with Crippen LogP contribution in [0.1, 0.15) is 10.4 Å². The molecule has 0 aliphatic heterocycles. The fourth-order valence-electron chi connectivity index (χ4n) is 2.62. The molecule has 0 saturated carbocycles. The number of methoxy groups -OCH3 is 2. The van der Waals surface area contributed by atoms with Crippen LogP contribution in [-0.2, 0) is 0 Å². The summed E-state index contributed by atoms with van der Waals surface area (Å²) in [4.78, 5) is 12.9. The average Bonchev–Trinajstić information content (AvgIpc) is 3.27. The lowest BCUT2D eigenvalue weighted by Gasteiger charge is -2.08. The normalized spacial score (nSPS) is 10.8. The number of rotatable bonds is 5. The van der Waals surface area contributed by atoms with Gasteiger partial charge in [-0.25, -0.2) is 0 Å². The molecule has 4 aromatic rings. The van der Waals surface area contributed by atoms with E-state index in [2.05, 4.69) is 20.6 Å². The average molecular weight is 416 g/mol. The maximum Gasteiger partial charge on any atom is 0.257 e. The zero-order chi connectivity index (χ0) is 19.7. The van der Waals surface area contributed by atoms with Crippen LogP contribution in [0.5, 0.6) is 11.5 Å². The summed E-state index contributed by atoms with van der Waals surface area (Å²) in [5.74, 6) is 1.40. The first-order valence-corrected chi connectivity index (χ1v) is 9.30. The number of aromatic nitrogens is 4. The maximum absolute atomic E-state index is 12.4. The van der Waals surface area contributed by atoms with Crippen LogP contribution in [0.2, 0.25) is 5.02 Å². The van der Waals surface area contributed by atoms with Gasteiger partial charge in [-0.05, 0) is 36.4 Å². The molecule has 8 nitrogen and oxygen atoms in total. The second kappa shape index (κ2) is 7.45. The number of hydrogen-bond donors (Lipinski definition) is 1. The molecule has 4 rings (SSSR count). The van der Waals surface area contributed by atoms with E-state index in [1.54, 1.807) is 55.1 Å². The summed E-state index contributed by atoms with van der Waals surface area (Å²) >= 11 is 7.15. The first-order valence-electron chi connectivity index (χ1n) is 8.10. The fraction of sp³-hybridized carbons (Fsp3) is 0.111. The number of carbonyl (C=O) groups excluding carboxylic acids is 1. The predicted octanol–water partition coefficient (Wildman–Crippen LogP) is 3.78. The number of fused-ring (bicyclic) bond motifs is 1. The zero-order valence-electron chi connectivity index (χ0n) is 14.8. The molecule has 142 valence electrons. The Balaban J connectivity index is 1.65. The number of carbonyl (C=O) groups is 1. The molecule has 0 atom stereocenters. The van der Waals surface area contributed by atoms with Crippen LogP contribution in [0.15, 0.2) is 42.5 Å². The van der Waals surface area contributed by atoms with Crippen molar-refractivity contribution in [3.05, 3.63) is 53.1 Å². The van der Waals surface area contributed by atoms with Gasteiger partial charge in [0.05, 0.1) is 14.2 Å². The summed E-state index contributed by atoms with van der Waals surface area (Å²) in [6, 6.07) is 12.1. The number of hydrogen-bond acceptors (Lipinski definition) is 7. The van der Waals surface area contributed by atoms with E-state index in [4.69, 9.17) is 21.1 Å². The van der Waals surface area contributed by atoms with Gasteiger partial charge < -0.3 is 9.47 Å². The smallest absolute Gasteiger partial charge is 0.257 e. The Morgan fingerprint density at radius 3 is 2.68 bits per heavy atom. The van der Waals surface area contributed by atoms with Gasteiger partial charge >= 0.3 is 0 Å². The van der Waals surface area contributed by atoms with E-state index in [0.29, 0.717) is 38.0 Å². The quantitative estimate of drug-likeness (QED) is 0.533. The van der Waals surface area contributed by atoms with Crippen molar-refractivity contribution < 1.29 is 14.3 Å². The summed E-state index contributed by atoms with van der Waals surface area (Å²) in [6.07, 6.45) is 0. The van der Waals surface area contributed by atoms with Crippen molar-refractivity contribution in [1.82, 2.24) is 19.8 Å². The number of anilines is 1. The molecule has 0 bridgehead atoms. The summed E-state index contributed by atoms with van der Waals surface area (Å²) in [5, 5.41) is 16.4. The number of ether oxygens (including phenoxy) is 2. The van der Waals surface area contributed by atoms with Gasteiger partial charge in [0.15, 0.2) is 17.3 Å². The van der Waals surface area contributed by atoms with Gasteiger partial charge in [-0.15, -0.1) is 15.3 Å². The second-order valence-electron chi connectivity index (χ2n) is 5.66. The van der Waals surface area contributed by atoms with Gasteiger partial charge in [0.25, 0.3) is 5.91 Å². The molecular formula is C18H14ClN5O3S. The summed E-state index contributed by atoms with van der Waals surface area (Å²) in [7, 11) is 3.13. The van der Waals surface area contributed by atoms with Crippen LogP contribution < -0.4 is 14.8 Å². The zero-order valence-corrected chi connectivity index (χ0v) is 16.4. The topological polar surface area (TPSA) is 90.6 Å². The monoisotopic (exact) mass is 415 g/mol. The highest BCUT2D eigenvalue weighted by atomic mass is 35.5. The van der Waals surface area contributed by atoms with E-state index in [9.17, 15) is 4.79 Å². The molecule has 0 spiro atoms. The lowest BCUT2D eigenvalue weighted by molar-refractivity contribution is 0.102. The Hall–Kier alpha value is -3.17. The van der Waals surface area contributed by atoms with E-state index in [-0.39, 0.29) is 5.91 Å². The van der Waals surface area contributed by atoms with E-state index in [1.165, 1.54) is 11.3 Å². The molecule has 2 heterocycles. The van der Waals surface area contributed by atoms with Crippen LogP contribution in [-0.4, -0.2) is 39.9 Å². The Morgan fingerprint density at radius 2 is 1.93 bits per heavy atom.